The Bertz CT molecular complexity index is 203. The van der Waals surface area contributed by atoms with Gasteiger partial charge in [0.05, 0.1) is 6.61 Å². The van der Waals surface area contributed by atoms with Crippen LogP contribution in [0.5, 0.6) is 0 Å². The first-order chi connectivity index (χ1) is 7.79. The molecule has 0 amide bonds. The standard InChI is InChI=1S/C12H24N2O2/c1-14(12-4-6-16-7-5-12)8-11(9-15)13-10-2-3-10/h10-13,15H,2-9H2,1H3. The van der Waals surface area contributed by atoms with Crippen molar-refractivity contribution in [2.75, 3.05) is 33.4 Å². The van der Waals surface area contributed by atoms with Gasteiger partial charge >= 0.3 is 0 Å². The van der Waals surface area contributed by atoms with Crippen LogP contribution in [0.1, 0.15) is 25.7 Å². The SMILES string of the molecule is CN(CC(CO)NC1CC1)C1CCOCC1. The van der Waals surface area contributed by atoms with Crippen molar-refractivity contribution < 1.29 is 9.84 Å². The molecule has 0 aromatic carbocycles. The number of hydrogen-bond acceptors (Lipinski definition) is 4. The van der Waals surface area contributed by atoms with Crippen molar-refractivity contribution in [1.82, 2.24) is 10.2 Å². The highest BCUT2D eigenvalue weighted by Crippen LogP contribution is 2.20. The quantitative estimate of drug-likeness (QED) is 0.682. The molecule has 1 unspecified atom stereocenters. The van der Waals surface area contributed by atoms with Crippen LogP contribution in [0.25, 0.3) is 0 Å². The van der Waals surface area contributed by atoms with E-state index in [9.17, 15) is 5.11 Å². The van der Waals surface area contributed by atoms with Crippen LogP contribution in [0.4, 0.5) is 0 Å². The van der Waals surface area contributed by atoms with E-state index in [-0.39, 0.29) is 12.6 Å². The highest BCUT2D eigenvalue weighted by atomic mass is 16.5. The molecule has 16 heavy (non-hydrogen) atoms. The predicted octanol–water partition coefficient (Wildman–Crippen LogP) is 0.210. The van der Waals surface area contributed by atoms with Crippen molar-refractivity contribution in [2.24, 2.45) is 0 Å². The van der Waals surface area contributed by atoms with Gasteiger partial charge in [-0.05, 0) is 32.7 Å². The lowest BCUT2D eigenvalue weighted by Gasteiger charge is -2.33. The molecular weight excluding hydrogens is 204 g/mol. The van der Waals surface area contributed by atoms with E-state index >= 15 is 0 Å². The summed E-state index contributed by atoms with van der Waals surface area (Å²) in [6, 6.07) is 1.53. The first kappa shape index (κ1) is 12.3. The second-order valence-electron chi connectivity index (χ2n) is 5.10. The lowest BCUT2D eigenvalue weighted by Crippen LogP contribution is -2.47. The van der Waals surface area contributed by atoms with Crippen LogP contribution in [0, 0.1) is 0 Å². The number of aliphatic hydroxyl groups excluding tert-OH is 1. The van der Waals surface area contributed by atoms with Gasteiger partial charge in [-0.2, -0.15) is 0 Å². The van der Waals surface area contributed by atoms with Gasteiger partial charge < -0.3 is 20.1 Å². The van der Waals surface area contributed by atoms with Crippen LogP contribution >= 0.6 is 0 Å². The van der Waals surface area contributed by atoms with Crippen LogP contribution in [0.3, 0.4) is 0 Å². The van der Waals surface area contributed by atoms with Gasteiger partial charge in [0, 0.05) is 37.9 Å². The van der Waals surface area contributed by atoms with E-state index < -0.39 is 0 Å². The Hall–Kier alpha value is -0.160. The topological polar surface area (TPSA) is 44.7 Å². The second kappa shape index (κ2) is 5.96. The average molecular weight is 228 g/mol. The van der Waals surface area contributed by atoms with E-state index in [0.29, 0.717) is 12.1 Å². The summed E-state index contributed by atoms with van der Waals surface area (Å²) in [6.45, 7) is 2.95. The molecule has 0 aromatic rings. The van der Waals surface area contributed by atoms with Gasteiger partial charge in [0.1, 0.15) is 0 Å². The molecule has 0 spiro atoms. The first-order valence-corrected chi connectivity index (χ1v) is 6.44. The number of ether oxygens (including phenoxy) is 1. The zero-order chi connectivity index (χ0) is 11.4. The maximum Gasteiger partial charge on any atom is 0.0597 e. The third-order valence-electron chi connectivity index (χ3n) is 3.59. The van der Waals surface area contributed by atoms with Gasteiger partial charge in [-0.3, -0.25) is 0 Å². The molecule has 4 heteroatoms. The molecular formula is C12H24N2O2. The third kappa shape index (κ3) is 3.70. The van der Waals surface area contributed by atoms with Gasteiger partial charge in [0.2, 0.25) is 0 Å². The van der Waals surface area contributed by atoms with Gasteiger partial charge in [0.25, 0.3) is 0 Å². The minimum absolute atomic E-state index is 0.236. The summed E-state index contributed by atoms with van der Waals surface area (Å²) < 4.78 is 5.36. The van der Waals surface area contributed by atoms with Crippen molar-refractivity contribution in [1.29, 1.82) is 0 Å². The molecule has 0 aromatic heterocycles. The van der Waals surface area contributed by atoms with Crippen molar-refractivity contribution in [3.63, 3.8) is 0 Å². The number of nitrogens with zero attached hydrogens (tertiary/aromatic N) is 1. The van der Waals surface area contributed by atoms with Crippen LogP contribution in [-0.2, 0) is 4.74 Å². The van der Waals surface area contributed by atoms with Crippen molar-refractivity contribution in [2.45, 2.75) is 43.8 Å². The molecule has 0 bridgehead atoms. The van der Waals surface area contributed by atoms with Crippen molar-refractivity contribution in [3.8, 4) is 0 Å². The molecule has 2 aliphatic rings. The van der Waals surface area contributed by atoms with Crippen LogP contribution in [0.2, 0.25) is 0 Å². The summed E-state index contributed by atoms with van der Waals surface area (Å²) in [7, 11) is 2.16. The zero-order valence-corrected chi connectivity index (χ0v) is 10.2. The predicted molar refractivity (Wildman–Crippen MR) is 63.5 cm³/mol. The van der Waals surface area contributed by atoms with Gasteiger partial charge in [-0.15, -0.1) is 0 Å². The summed E-state index contributed by atoms with van der Waals surface area (Å²) in [6.07, 6.45) is 4.80. The molecule has 2 N–H and O–H groups in total. The molecule has 2 rings (SSSR count). The number of rotatable bonds is 6. The molecule has 1 aliphatic heterocycles. The number of aliphatic hydroxyl groups is 1. The van der Waals surface area contributed by atoms with E-state index in [1.165, 1.54) is 12.8 Å². The summed E-state index contributed by atoms with van der Waals surface area (Å²) in [5.41, 5.74) is 0. The van der Waals surface area contributed by atoms with E-state index in [4.69, 9.17) is 4.74 Å². The molecule has 94 valence electrons. The molecule has 1 heterocycles. The Morgan fingerprint density at radius 1 is 1.31 bits per heavy atom. The first-order valence-electron chi connectivity index (χ1n) is 6.44. The van der Waals surface area contributed by atoms with E-state index in [1.54, 1.807) is 0 Å². The Kier molecular flexibility index (Phi) is 4.58. The molecule has 2 fully saturated rings. The largest absolute Gasteiger partial charge is 0.395 e. The van der Waals surface area contributed by atoms with Crippen molar-refractivity contribution in [3.05, 3.63) is 0 Å². The van der Waals surface area contributed by atoms with Gasteiger partial charge in [0.15, 0.2) is 0 Å². The maximum absolute atomic E-state index is 9.34. The van der Waals surface area contributed by atoms with Gasteiger partial charge in [-0.1, -0.05) is 0 Å². The van der Waals surface area contributed by atoms with Crippen LogP contribution < -0.4 is 5.32 Å². The Balaban J connectivity index is 1.71. The molecule has 1 atom stereocenters. The van der Waals surface area contributed by atoms with Crippen molar-refractivity contribution >= 4 is 0 Å². The summed E-state index contributed by atoms with van der Waals surface area (Å²) in [5.74, 6) is 0. The molecule has 1 aliphatic carbocycles. The summed E-state index contributed by atoms with van der Waals surface area (Å²) in [4.78, 5) is 2.37. The minimum atomic E-state index is 0.236. The molecule has 0 radical (unpaired) electrons. The molecule has 1 saturated carbocycles. The number of likely N-dealkylation sites (N-methyl/N-ethyl adjacent to an activating group) is 1. The highest BCUT2D eigenvalue weighted by Gasteiger charge is 2.26. The van der Waals surface area contributed by atoms with Crippen LogP contribution in [0.15, 0.2) is 0 Å². The smallest absolute Gasteiger partial charge is 0.0597 e. The number of nitrogens with one attached hydrogen (secondary N) is 1. The fraction of sp³-hybridized carbons (Fsp3) is 1.00. The number of hydrogen-bond donors (Lipinski definition) is 2. The van der Waals surface area contributed by atoms with Crippen LogP contribution in [-0.4, -0.2) is 61.5 Å². The van der Waals surface area contributed by atoms with E-state index in [2.05, 4.69) is 17.3 Å². The second-order valence-corrected chi connectivity index (χ2v) is 5.10. The summed E-state index contributed by atoms with van der Waals surface area (Å²) in [5, 5.41) is 12.8. The zero-order valence-electron chi connectivity index (χ0n) is 10.2. The lowest BCUT2D eigenvalue weighted by atomic mass is 10.1. The Morgan fingerprint density at radius 3 is 2.56 bits per heavy atom. The van der Waals surface area contributed by atoms with E-state index in [0.717, 1.165) is 32.6 Å². The minimum Gasteiger partial charge on any atom is -0.395 e. The lowest BCUT2D eigenvalue weighted by molar-refractivity contribution is 0.0375. The summed E-state index contributed by atoms with van der Waals surface area (Å²) >= 11 is 0. The van der Waals surface area contributed by atoms with Gasteiger partial charge in [-0.25, -0.2) is 0 Å². The third-order valence-corrected chi connectivity index (χ3v) is 3.59. The molecule has 4 nitrogen and oxygen atoms in total. The fourth-order valence-electron chi connectivity index (χ4n) is 2.37. The molecule has 1 saturated heterocycles. The monoisotopic (exact) mass is 228 g/mol. The van der Waals surface area contributed by atoms with E-state index in [1.807, 2.05) is 0 Å². The Labute approximate surface area is 98.0 Å². The highest BCUT2D eigenvalue weighted by molar-refractivity contribution is 4.86. The maximum atomic E-state index is 9.34. The normalized spacial score (nSPS) is 24.9. The average Bonchev–Trinajstić information content (AvgIpc) is 3.13. The Morgan fingerprint density at radius 2 is 2.00 bits per heavy atom. The fourth-order valence-corrected chi connectivity index (χ4v) is 2.37.